The maximum Gasteiger partial charge on any atom is 0.304 e. The standard InChI is InChI=1S/C15H26N2O3/c1-12(11-15(19)20)16-7-9-17(10-8-16)14(18)6-5-13-3-2-4-13/h12-13H,2-11H2,1H3,(H,19,20). The first-order chi connectivity index (χ1) is 9.56. The number of nitrogens with zero attached hydrogens (tertiary/aromatic N) is 2. The molecule has 2 aliphatic rings. The van der Waals surface area contributed by atoms with Gasteiger partial charge in [0.2, 0.25) is 5.91 Å². The average molecular weight is 282 g/mol. The Kier molecular flexibility index (Phi) is 5.40. The summed E-state index contributed by atoms with van der Waals surface area (Å²) in [4.78, 5) is 26.9. The Bertz CT molecular complexity index is 347. The van der Waals surface area contributed by atoms with E-state index in [0.717, 1.165) is 38.5 Å². The minimum atomic E-state index is -0.753. The highest BCUT2D eigenvalue weighted by atomic mass is 16.4. The summed E-state index contributed by atoms with van der Waals surface area (Å²) in [5.74, 6) is 0.315. The SMILES string of the molecule is CC(CC(=O)O)N1CCN(C(=O)CCC2CCC2)CC1. The molecule has 1 saturated carbocycles. The Balaban J connectivity index is 1.67. The molecule has 2 rings (SSSR count). The molecule has 1 atom stereocenters. The average Bonchev–Trinajstić information content (AvgIpc) is 2.36. The second-order valence-electron chi connectivity index (χ2n) is 6.20. The van der Waals surface area contributed by atoms with E-state index in [1.165, 1.54) is 19.3 Å². The highest BCUT2D eigenvalue weighted by Gasteiger charge is 2.26. The molecule has 0 bridgehead atoms. The van der Waals surface area contributed by atoms with Crippen molar-refractivity contribution in [1.82, 2.24) is 9.80 Å². The second-order valence-corrected chi connectivity index (χ2v) is 6.20. The minimum absolute atomic E-state index is 0.0553. The molecule has 5 nitrogen and oxygen atoms in total. The van der Waals surface area contributed by atoms with Gasteiger partial charge in [-0.2, -0.15) is 0 Å². The lowest BCUT2D eigenvalue weighted by molar-refractivity contribution is -0.139. The van der Waals surface area contributed by atoms with Gasteiger partial charge in [-0.3, -0.25) is 14.5 Å². The molecule has 0 aromatic heterocycles. The van der Waals surface area contributed by atoms with Crippen molar-refractivity contribution in [3.8, 4) is 0 Å². The van der Waals surface area contributed by atoms with Crippen molar-refractivity contribution in [2.45, 2.75) is 51.5 Å². The van der Waals surface area contributed by atoms with E-state index in [1.807, 2.05) is 11.8 Å². The van der Waals surface area contributed by atoms with Crippen LogP contribution >= 0.6 is 0 Å². The van der Waals surface area contributed by atoms with Crippen LogP contribution in [0.3, 0.4) is 0 Å². The first kappa shape index (κ1) is 15.3. The van der Waals surface area contributed by atoms with Gasteiger partial charge in [-0.05, 0) is 19.3 Å². The van der Waals surface area contributed by atoms with Crippen LogP contribution < -0.4 is 0 Å². The quantitative estimate of drug-likeness (QED) is 0.803. The van der Waals surface area contributed by atoms with Crippen LogP contribution in [-0.2, 0) is 9.59 Å². The predicted molar refractivity (Wildman–Crippen MR) is 76.4 cm³/mol. The van der Waals surface area contributed by atoms with Gasteiger partial charge in [-0.15, -0.1) is 0 Å². The lowest BCUT2D eigenvalue weighted by Crippen LogP contribution is -2.51. The zero-order chi connectivity index (χ0) is 14.5. The number of hydrogen-bond acceptors (Lipinski definition) is 3. The molecule has 2 fully saturated rings. The third-order valence-corrected chi connectivity index (χ3v) is 4.75. The molecular formula is C15H26N2O3. The normalized spacial score (nSPS) is 22.4. The summed E-state index contributed by atoms with van der Waals surface area (Å²) in [5.41, 5.74) is 0. The van der Waals surface area contributed by atoms with Gasteiger partial charge in [0.05, 0.1) is 6.42 Å². The molecule has 114 valence electrons. The fourth-order valence-corrected chi connectivity index (χ4v) is 3.06. The van der Waals surface area contributed by atoms with Crippen LogP contribution in [0.4, 0.5) is 0 Å². The Hall–Kier alpha value is -1.10. The van der Waals surface area contributed by atoms with E-state index >= 15 is 0 Å². The molecule has 5 heteroatoms. The molecular weight excluding hydrogens is 256 g/mol. The van der Waals surface area contributed by atoms with Crippen molar-refractivity contribution in [2.24, 2.45) is 5.92 Å². The van der Waals surface area contributed by atoms with Crippen molar-refractivity contribution < 1.29 is 14.7 Å². The zero-order valence-corrected chi connectivity index (χ0v) is 12.4. The third-order valence-electron chi connectivity index (χ3n) is 4.75. The van der Waals surface area contributed by atoms with Gasteiger partial charge < -0.3 is 10.0 Å². The molecule has 20 heavy (non-hydrogen) atoms. The minimum Gasteiger partial charge on any atom is -0.481 e. The molecule has 1 unspecified atom stereocenters. The molecule has 1 aliphatic carbocycles. The third kappa shape index (κ3) is 4.20. The number of rotatable bonds is 6. The number of carboxylic acids is 1. The monoisotopic (exact) mass is 282 g/mol. The van der Waals surface area contributed by atoms with Crippen LogP contribution in [0, 0.1) is 5.92 Å². The van der Waals surface area contributed by atoms with Gasteiger partial charge in [0.1, 0.15) is 0 Å². The molecule has 0 aromatic rings. The van der Waals surface area contributed by atoms with Crippen LogP contribution in [0.5, 0.6) is 0 Å². The van der Waals surface area contributed by atoms with Gasteiger partial charge in [0, 0.05) is 38.6 Å². The lowest BCUT2D eigenvalue weighted by Gasteiger charge is -2.38. The molecule has 1 aliphatic heterocycles. The van der Waals surface area contributed by atoms with Crippen molar-refractivity contribution in [3.63, 3.8) is 0 Å². The summed E-state index contributed by atoms with van der Waals surface area (Å²) in [6.07, 6.45) is 5.85. The van der Waals surface area contributed by atoms with Gasteiger partial charge in [0.15, 0.2) is 0 Å². The number of amides is 1. The van der Waals surface area contributed by atoms with Crippen LogP contribution in [0.25, 0.3) is 0 Å². The van der Waals surface area contributed by atoms with Crippen LogP contribution in [-0.4, -0.2) is 59.0 Å². The second kappa shape index (κ2) is 7.07. The fourth-order valence-electron chi connectivity index (χ4n) is 3.06. The Morgan fingerprint density at radius 1 is 1.20 bits per heavy atom. The molecule has 1 N–H and O–H groups in total. The maximum atomic E-state index is 12.1. The number of aliphatic carboxylic acids is 1. The predicted octanol–water partition coefficient (Wildman–Crippen LogP) is 1.57. The zero-order valence-electron chi connectivity index (χ0n) is 12.4. The van der Waals surface area contributed by atoms with Crippen molar-refractivity contribution in [3.05, 3.63) is 0 Å². The maximum absolute atomic E-state index is 12.1. The molecule has 0 aromatic carbocycles. The van der Waals surface area contributed by atoms with Crippen molar-refractivity contribution >= 4 is 11.9 Å². The Morgan fingerprint density at radius 3 is 2.35 bits per heavy atom. The summed E-state index contributed by atoms with van der Waals surface area (Å²) in [6, 6.07) is 0.0553. The lowest BCUT2D eigenvalue weighted by atomic mass is 9.82. The van der Waals surface area contributed by atoms with E-state index in [4.69, 9.17) is 5.11 Å². The number of carbonyl (C=O) groups excluding carboxylic acids is 1. The molecule has 0 spiro atoms. The van der Waals surface area contributed by atoms with E-state index in [9.17, 15) is 9.59 Å². The summed E-state index contributed by atoms with van der Waals surface area (Å²) in [5, 5.41) is 8.81. The number of carbonyl (C=O) groups is 2. The topological polar surface area (TPSA) is 60.9 Å². The first-order valence-electron chi connectivity index (χ1n) is 7.80. The highest BCUT2D eigenvalue weighted by molar-refractivity contribution is 5.76. The Labute approximate surface area is 120 Å². The van der Waals surface area contributed by atoms with E-state index in [0.29, 0.717) is 6.42 Å². The summed E-state index contributed by atoms with van der Waals surface area (Å²) < 4.78 is 0. The van der Waals surface area contributed by atoms with E-state index < -0.39 is 5.97 Å². The van der Waals surface area contributed by atoms with E-state index in [-0.39, 0.29) is 18.4 Å². The molecule has 1 saturated heterocycles. The van der Waals surface area contributed by atoms with Crippen molar-refractivity contribution in [2.75, 3.05) is 26.2 Å². The van der Waals surface area contributed by atoms with E-state index in [1.54, 1.807) is 0 Å². The number of piperazine rings is 1. The summed E-state index contributed by atoms with van der Waals surface area (Å²) >= 11 is 0. The first-order valence-corrected chi connectivity index (χ1v) is 7.80. The van der Waals surface area contributed by atoms with Gasteiger partial charge in [-0.25, -0.2) is 0 Å². The summed E-state index contributed by atoms with van der Waals surface area (Å²) in [7, 11) is 0. The van der Waals surface area contributed by atoms with Crippen LogP contribution in [0.1, 0.15) is 45.4 Å². The van der Waals surface area contributed by atoms with Crippen LogP contribution in [0.15, 0.2) is 0 Å². The number of hydrogen-bond donors (Lipinski definition) is 1. The van der Waals surface area contributed by atoms with Crippen molar-refractivity contribution in [1.29, 1.82) is 0 Å². The number of carboxylic acid groups (broad SMARTS) is 1. The van der Waals surface area contributed by atoms with Gasteiger partial charge in [0.25, 0.3) is 0 Å². The van der Waals surface area contributed by atoms with Gasteiger partial charge >= 0.3 is 5.97 Å². The summed E-state index contributed by atoms with van der Waals surface area (Å²) in [6.45, 7) is 5.02. The Morgan fingerprint density at radius 2 is 1.85 bits per heavy atom. The molecule has 0 radical (unpaired) electrons. The fraction of sp³-hybridized carbons (Fsp3) is 0.867. The smallest absolute Gasteiger partial charge is 0.304 e. The van der Waals surface area contributed by atoms with E-state index in [2.05, 4.69) is 4.90 Å². The molecule has 1 heterocycles. The van der Waals surface area contributed by atoms with Gasteiger partial charge in [-0.1, -0.05) is 19.3 Å². The van der Waals surface area contributed by atoms with Crippen LogP contribution in [0.2, 0.25) is 0 Å². The largest absolute Gasteiger partial charge is 0.481 e. The highest BCUT2D eigenvalue weighted by Crippen LogP contribution is 2.30. The molecule has 1 amide bonds.